The van der Waals surface area contributed by atoms with Crippen LogP contribution >= 0.6 is 0 Å². The molecule has 1 atom stereocenters. The Bertz CT molecular complexity index is 815. The quantitative estimate of drug-likeness (QED) is 0.779. The van der Waals surface area contributed by atoms with Crippen LogP contribution in [0.25, 0.3) is 5.69 Å². The third kappa shape index (κ3) is 3.75. The smallest absolute Gasteiger partial charge is 0.265 e. The van der Waals surface area contributed by atoms with Gasteiger partial charge < -0.3 is 10.1 Å². The highest BCUT2D eigenvalue weighted by atomic mass is 16.5. The van der Waals surface area contributed by atoms with Crippen molar-refractivity contribution in [3.8, 4) is 11.4 Å². The Morgan fingerprint density at radius 3 is 2.67 bits per heavy atom. The Labute approximate surface area is 139 Å². The average molecular weight is 323 g/mol. The maximum absolute atomic E-state index is 12.2. The second-order valence-corrected chi connectivity index (χ2v) is 5.37. The largest absolute Gasteiger partial charge is 0.481 e. The third-order valence-corrected chi connectivity index (χ3v) is 3.42. The Hall–Kier alpha value is -3.22. The van der Waals surface area contributed by atoms with Gasteiger partial charge >= 0.3 is 0 Å². The van der Waals surface area contributed by atoms with E-state index in [2.05, 4.69) is 20.8 Å². The molecule has 0 aliphatic carbocycles. The van der Waals surface area contributed by atoms with E-state index >= 15 is 0 Å². The van der Waals surface area contributed by atoms with Gasteiger partial charge in [-0.25, -0.2) is 4.68 Å². The fourth-order valence-corrected chi connectivity index (χ4v) is 2.17. The summed E-state index contributed by atoms with van der Waals surface area (Å²) in [7, 11) is 0. The van der Waals surface area contributed by atoms with Gasteiger partial charge in [0.1, 0.15) is 12.1 Å². The fourth-order valence-electron chi connectivity index (χ4n) is 2.17. The first-order valence-electron chi connectivity index (χ1n) is 7.49. The summed E-state index contributed by atoms with van der Waals surface area (Å²) in [4.78, 5) is 12.2. The molecule has 0 aliphatic rings. The lowest BCUT2D eigenvalue weighted by atomic mass is 10.2. The number of hydrogen-bond acceptors (Lipinski definition) is 5. The summed E-state index contributed by atoms with van der Waals surface area (Å²) in [5.41, 5.74) is 2.57. The zero-order valence-electron chi connectivity index (χ0n) is 13.4. The van der Waals surface area contributed by atoms with Crippen LogP contribution in [0.15, 0.2) is 54.9 Å². The molecule has 0 fully saturated rings. The number of benzene rings is 2. The topological polar surface area (TPSA) is 81.9 Å². The van der Waals surface area contributed by atoms with Crippen LogP contribution in [0, 0.1) is 6.92 Å². The summed E-state index contributed by atoms with van der Waals surface area (Å²) >= 11 is 0. The van der Waals surface area contributed by atoms with E-state index in [4.69, 9.17) is 4.74 Å². The van der Waals surface area contributed by atoms with E-state index in [0.717, 1.165) is 11.3 Å². The van der Waals surface area contributed by atoms with Crippen LogP contribution in [0.4, 0.5) is 5.69 Å². The number of nitrogens with one attached hydrogen (secondary N) is 1. The minimum atomic E-state index is -0.606. The third-order valence-electron chi connectivity index (χ3n) is 3.42. The first-order valence-corrected chi connectivity index (χ1v) is 7.49. The summed E-state index contributed by atoms with van der Waals surface area (Å²) in [6.07, 6.45) is 0.900. The predicted octanol–water partition coefficient (Wildman–Crippen LogP) is 2.38. The molecule has 0 aliphatic heterocycles. The van der Waals surface area contributed by atoms with Gasteiger partial charge in [0.25, 0.3) is 5.91 Å². The van der Waals surface area contributed by atoms with Gasteiger partial charge in [-0.2, -0.15) is 0 Å². The molecule has 122 valence electrons. The Kier molecular flexibility index (Phi) is 4.51. The SMILES string of the molecule is Cc1cccc(OC(C)C(=O)Nc2ccc(-n3cnnn3)cc2)c1. The van der Waals surface area contributed by atoms with E-state index < -0.39 is 6.10 Å². The maximum Gasteiger partial charge on any atom is 0.265 e. The van der Waals surface area contributed by atoms with Crippen molar-refractivity contribution in [2.45, 2.75) is 20.0 Å². The molecule has 1 unspecified atom stereocenters. The molecule has 0 saturated carbocycles. The number of anilines is 1. The highest BCUT2D eigenvalue weighted by Gasteiger charge is 2.15. The van der Waals surface area contributed by atoms with Gasteiger partial charge in [0.2, 0.25) is 0 Å². The number of aromatic nitrogens is 4. The number of aryl methyl sites for hydroxylation is 1. The molecule has 0 spiro atoms. The number of tetrazole rings is 1. The molecule has 2 aromatic carbocycles. The number of amides is 1. The number of nitrogens with zero attached hydrogens (tertiary/aromatic N) is 4. The number of carbonyl (C=O) groups excluding carboxylic acids is 1. The molecule has 1 heterocycles. The molecule has 0 bridgehead atoms. The first-order chi connectivity index (χ1) is 11.6. The molecule has 0 radical (unpaired) electrons. The van der Waals surface area contributed by atoms with Crippen LogP contribution < -0.4 is 10.1 Å². The monoisotopic (exact) mass is 323 g/mol. The Morgan fingerprint density at radius 1 is 1.21 bits per heavy atom. The number of hydrogen-bond donors (Lipinski definition) is 1. The zero-order chi connectivity index (χ0) is 16.9. The normalized spacial score (nSPS) is 11.8. The molecular weight excluding hydrogens is 306 g/mol. The lowest BCUT2D eigenvalue weighted by molar-refractivity contribution is -0.122. The van der Waals surface area contributed by atoms with E-state index in [-0.39, 0.29) is 5.91 Å². The molecule has 1 aromatic heterocycles. The summed E-state index contributed by atoms with van der Waals surface area (Å²) in [5.74, 6) is 0.457. The van der Waals surface area contributed by atoms with Gasteiger partial charge in [0, 0.05) is 5.69 Å². The summed E-state index contributed by atoms with van der Waals surface area (Å²) in [5, 5.41) is 13.8. The summed E-state index contributed by atoms with van der Waals surface area (Å²) in [6.45, 7) is 3.69. The average Bonchev–Trinajstić information content (AvgIpc) is 3.10. The molecule has 3 rings (SSSR count). The van der Waals surface area contributed by atoms with Crippen molar-refractivity contribution in [2.75, 3.05) is 5.32 Å². The van der Waals surface area contributed by atoms with Gasteiger partial charge in [0.05, 0.1) is 5.69 Å². The molecule has 7 heteroatoms. The van der Waals surface area contributed by atoms with Crippen molar-refractivity contribution in [3.63, 3.8) is 0 Å². The van der Waals surface area contributed by atoms with Gasteiger partial charge in [0.15, 0.2) is 6.10 Å². The van der Waals surface area contributed by atoms with Crippen LogP contribution in [-0.4, -0.2) is 32.2 Å². The molecule has 7 nitrogen and oxygen atoms in total. The van der Waals surface area contributed by atoms with Crippen molar-refractivity contribution in [2.24, 2.45) is 0 Å². The molecular formula is C17H17N5O2. The highest BCUT2D eigenvalue weighted by Crippen LogP contribution is 2.16. The van der Waals surface area contributed by atoms with Crippen LogP contribution in [0.2, 0.25) is 0 Å². The number of rotatable bonds is 5. The number of carbonyl (C=O) groups is 1. The van der Waals surface area contributed by atoms with Gasteiger partial charge in [-0.05, 0) is 66.2 Å². The van der Waals surface area contributed by atoms with Crippen molar-refractivity contribution in [1.82, 2.24) is 20.2 Å². The van der Waals surface area contributed by atoms with Crippen LogP contribution in [0.3, 0.4) is 0 Å². The number of ether oxygens (including phenoxy) is 1. The van der Waals surface area contributed by atoms with E-state index in [1.807, 2.05) is 43.3 Å². The minimum Gasteiger partial charge on any atom is -0.481 e. The molecule has 24 heavy (non-hydrogen) atoms. The second-order valence-electron chi connectivity index (χ2n) is 5.37. The van der Waals surface area contributed by atoms with Crippen LogP contribution in [0.5, 0.6) is 5.75 Å². The second kappa shape index (κ2) is 6.91. The van der Waals surface area contributed by atoms with Gasteiger partial charge in [-0.3, -0.25) is 4.79 Å². The lowest BCUT2D eigenvalue weighted by Gasteiger charge is -2.15. The van der Waals surface area contributed by atoms with Crippen molar-refractivity contribution in [3.05, 3.63) is 60.4 Å². The van der Waals surface area contributed by atoms with Gasteiger partial charge in [-0.15, -0.1) is 5.10 Å². The maximum atomic E-state index is 12.2. The molecule has 1 N–H and O–H groups in total. The standard InChI is InChI=1S/C17H17N5O2/c1-12-4-3-5-16(10-12)24-13(2)17(23)19-14-6-8-15(9-7-14)22-11-18-20-21-22/h3-11,13H,1-2H3,(H,19,23). The predicted molar refractivity (Wildman–Crippen MR) is 89.1 cm³/mol. The lowest BCUT2D eigenvalue weighted by Crippen LogP contribution is -2.30. The van der Waals surface area contributed by atoms with Crippen LogP contribution in [0.1, 0.15) is 12.5 Å². The summed E-state index contributed by atoms with van der Waals surface area (Å²) < 4.78 is 7.21. The Balaban J connectivity index is 1.61. The molecule has 1 amide bonds. The van der Waals surface area contributed by atoms with E-state index in [1.54, 1.807) is 19.1 Å². The summed E-state index contributed by atoms with van der Waals surface area (Å²) in [6, 6.07) is 14.8. The molecule has 0 saturated heterocycles. The van der Waals surface area contributed by atoms with E-state index in [1.165, 1.54) is 11.0 Å². The Morgan fingerprint density at radius 2 is 2.00 bits per heavy atom. The van der Waals surface area contributed by atoms with Crippen LogP contribution in [-0.2, 0) is 4.79 Å². The van der Waals surface area contributed by atoms with Crippen molar-refractivity contribution < 1.29 is 9.53 Å². The van der Waals surface area contributed by atoms with Crippen molar-refractivity contribution >= 4 is 11.6 Å². The van der Waals surface area contributed by atoms with Crippen molar-refractivity contribution in [1.29, 1.82) is 0 Å². The zero-order valence-corrected chi connectivity index (χ0v) is 13.4. The highest BCUT2D eigenvalue weighted by molar-refractivity contribution is 5.94. The van der Waals surface area contributed by atoms with Gasteiger partial charge in [-0.1, -0.05) is 12.1 Å². The first kappa shape index (κ1) is 15.7. The fraction of sp³-hybridized carbons (Fsp3) is 0.176. The van der Waals surface area contributed by atoms with E-state index in [0.29, 0.717) is 11.4 Å². The molecule has 3 aromatic rings. The minimum absolute atomic E-state index is 0.216. The van der Waals surface area contributed by atoms with E-state index in [9.17, 15) is 4.79 Å².